The van der Waals surface area contributed by atoms with E-state index in [4.69, 9.17) is 23.3 Å². The van der Waals surface area contributed by atoms with Crippen LogP contribution in [0.5, 0.6) is 17.4 Å². The second-order valence-electron chi connectivity index (χ2n) is 9.78. The predicted molar refractivity (Wildman–Crippen MR) is 157 cm³/mol. The van der Waals surface area contributed by atoms with Crippen molar-refractivity contribution < 1.29 is 18.3 Å². The van der Waals surface area contributed by atoms with E-state index in [1.807, 2.05) is 72.8 Å². The number of fused-ring (bicyclic) bond motifs is 6. The normalized spacial score (nSPS) is 14.0. The number of para-hydroxylation sites is 1. The van der Waals surface area contributed by atoms with Crippen LogP contribution in [0.25, 0.3) is 28.2 Å². The van der Waals surface area contributed by atoms with Gasteiger partial charge in [0.05, 0.1) is 22.4 Å². The molecule has 0 aliphatic carbocycles. The van der Waals surface area contributed by atoms with Crippen molar-refractivity contribution in [3.05, 3.63) is 135 Å². The molecule has 10 heteroatoms. The Morgan fingerprint density at radius 1 is 0.881 bits per heavy atom. The first-order chi connectivity index (χ1) is 20.6. The minimum Gasteiger partial charge on any atom is -0.489 e. The van der Waals surface area contributed by atoms with E-state index in [0.717, 1.165) is 11.1 Å². The first-order valence-corrected chi connectivity index (χ1v) is 13.9. The van der Waals surface area contributed by atoms with Crippen molar-refractivity contribution in [2.45, 2.75) is 12.5 Å². The lowest BCUT2D eigenvalue weighted by molar-refractivity contribution is 0.306. The van der Waals surface area contributed by atoms with Crippen LogP contribution < -0.4 is 15.1 Å². The summed E-state index contributed by atoms with van der Waals surface area (Å²) in [5, 5.41) is 5.26. The van der Waals surface area contributed by atoms with Gasteiger partial charge in [0, 0.05) is 0 Å². The molecule has 0 saturated heterocycles. The molecule has 1 aliphatic rings. The van der Waals surface area contributed by atoms with Crippen LogP contribution in [0.1, 0.15) is 28.2 Å². The topological polar surface area (TPSA) is 105 Å². The van der Waals surface area contributed by atoms with Gasteiger partial charge < -0.3 is 18.3 Å². The highest BCUT2D eigenvalue weighted by molar-refractivity contribution is 9.10. The molecule has 9 nitrogen and oxygen atoms in total. The van der Waals surface area contributed by atoms with Gasteiger partial charge in [-0.3, -0.25) is 0 Å². The van der Waals surface area contributed by atoms with Gasteiger partial charge in [-0.25, -0.2) is 19.3 Å². The van der Waals surface area contributed by atoms with Crippen molar-refractivity contribution in [2.75, 3.05) is 0 Å². The Morgan fingerprint density at radius 2 is 1.69 bits per heavy atom. The lowest BCUT2D eigenvalue weighted by atomic mass is 9.84. The van der Waals surface area contributed by atoms with Crippen molar-refractivity contribution in [2.24, 2.45) is 0 Å². The fourth-order valence-electron chi connectivity index (χ4n) is 5.30. The minimum absolute atomic E-state index is 0.333. The standard InChI is InChI=1S/C32H19BrN4O5/c33-24-15-14-23(40-24)29-35-30-27-25(19-10-12-20(13-11-19)39-16-18-6-2-1-3-7-18)26-28(42-31(27)34-17-37(30)36-29)21-8-4-5-9-22(21)41-32(26)38/h1-15,17,25H,16H2. The van der Waals surface area contributed by atoms with E-state index in [1.165, 1.54) is 0 Å². The van der Waals surface area contributed by atoms with Gasteiger partial charge in [0.1, 0.15) is 24.3 Å². The van der Waals surface area contributed by atoms with Crippen LogP contribution in [-0.4, -0.2) is 19.6 Å². The molecule has 1 unspecified atom stereocenters. The molecule has 0 fully saturated rings. The molecule has 0 radical (unpaired) electrons. The van der Waals surface area contributed by atoms with Crippen molar-refractivity contribution in [3.8, 4) is 29.0 Å². The molecule has 5 heterocycles. The van der Waals surface area contributed by atoms with E-state index >= 15 is 0 Å². The molecule has 7 aromatic rings. The third kappa shape index (κ3) is 4.07. The Hall–Kier alpha value is -5.22. The number of halogens is 1. The van der Waals surface area contributed by atoms with E-state index < -0.39 is 11.5 Å². The molecule has 0 spiro atoms. The zero-order valence-corrected chi connectivity index (χ0v) is 23.3. The van der Waals surface area contributed by atoms with Crippen molar-refractivity contribution in [1.29, 1.82) is 0 Å². The summed E-state index contributed by atoms with van der Waals surface area (Å²) in [5.41, 5.74) is 3.25. The number of ether oxygens (including phenoxy) is 2. The smallest absolute Gasteiger partial charge is 0.344 e. The van der Waals surface area contributed by atoms with Gasteiger partial charge in [-0.15, -0.1) is 5.10 Å². The molecule has 4 aromatic heterocycles. The van der Waals surface area contributed by atoms with Crippen LogP contribution in [-0.2, 0) is 6.61 Å². The number of hydrogen-bond donors (Lipinski definition) is 0. The Labute approximate surface area is 246 Å². The van der Waals surface area contributed by atoms with E-state index in [1.54, 1.807) is 29.0 Å². The van der Waals surface area contributed by atoms with E-state index in [9.17, 15) is 4.79 Å². The second-order valence-corrected chi connectivity index (χ2v) is 10.6. The second kappa shape index (κ2) is 9.71. The number of nitrogens with zero attached hydrogens (tertiary/aromatic N) is 4. The molecule has 3 aromatic carbocycles. The summed E-state index contributed by atoms with van der Waals surface area (Å²) in [4.78, 5) is 23.0. The van der Waals surface area contributed by atoms with Crippen LogP contribution in [0.15, 0.2) is 116 Å². The summed E-state index contributed by atoms with van der Waals surface area (Å²) in [5.74, 6) is 1.69. The number of benzene rings is 3. The van der Waals surface area contributed by atoms with E-state index in [2.05, 4.69) is 26.0 Å². The lowest BCUT2D eigenvalue weighted by Crippen LogP contribution is -2.22. The summed E-state index contributed by atoms with van der Waals surface area (Å²) < 4.78 is 26.0. The molecule has 1 atom stereocenters. The molecule has 0 N–H and O–H groups in total. The van der Waals surface area contributed by atoms with Gasteiger partial charge in [-0.2, -0.15) is 0 Å². The van der Waals surface area contributed by atoms with Crippen LogP contribution in [0, 0.1) is 0 Å². The van der Waals surface area contributed by atoms with Gasteiger partial charge in [-0.1, -0.05) is 54.6 Å². The molecule has 0 saturated carbocycles. The maximum Gasteiger partial charge on any atom is 0.344 e. The Morgan fingerprint density at radius 3 is 2.50 bits per heavy atom. The van der Waals surface area contributed by atoms with Gasteiger partial charge in [0.15, 0.2) is 21.8 Å². The number of hydrogen-bond acceptors (Lipinski definition) is 8. The Kier molecular flexibility index (Phi) is 5.68. The quantitative estimate of drug-likeness (QED) is 0.188. The summed E-state index contributed by atoms with van der Waals surface area (Å²) in [6.45, 7) is 0.439. The number of furan rings is 1. The number of aromatic nitrogens is 4. The van der Waals surface area contributed by atoms with Gasteiger partial charge >= 0.3 is 5.63 Å². The molecule has 8 rings (SSSR count). The molecule has 0 bridgehead atoms. The van der Waals surface area contributed by atoms with Gasteiger partial charge in [-0.05, 0) is 63.5 Å². The maximum absolute atomic E-state index is 13.6. The summed E-state index contributed by atoms with van der Waals surface area (Å²) in [6, 6.07) is 28.4. The largest absolute Gasteiger partial charge is 0.489 e. The average molecular weight is 619 g/mol. The summed E-state index contributed by atoms with van der Waals surface area (Å²) in [7, 11) is 0. The highest BCUT2D eigenvalue weighted by atomic mass is 79.9. The SMILES string of the molecule is O=c1oc2ccccc2c2c1C(c1ccc(OCc3ccccc3)cc1)c1c(ncn3nc(-c4ccc(Br)o4)nc13)O2. The van der Waals surface area contributed by atoms with Crippen molar-refractivity contribution in [3.63, 3.8) is 0 Å². The van der Waals surface area contributed by atoms with Crippen LogP contribution in [0.3, 0.4) is 0 Å². The highest BCUT2D eigenvalue weighted by Gasteiger charge is 2.37. The van der Waals surface area contributed by atoms with Crippen molar-refractivity contribution >= 4 is 32.5 Å². The molecular weight excluding hydrogens is 600 g/mol. The third-order valence-corrected chi connectivity index (χ3v) is 7.64. The summed E-state index contributed by atoms with van der Waals surface area (Å²) in [6.07, 6.45) is 1.54. The Balaban J connectivity index is 1.29. The predicted octanol–water partition coefficient (Wildman–Crippen LogP) is 7.12. The minimum atomic E-state index is -0.607. The first-order valence-electron chi connectivity index (χ1n) is 13.1. The monoisotopic (exact) mass is 618 g/mol. The molecule has 0 amide bonds. The highest BCUT2D eigenvalue weighted by Crippen LogP contribution is 2.49. The summed E-state index contributed by atoms with van der Waals surface area (Å²) >= 11 is 3.33. The average Bonchev–Trinajstić information content (AvgIpc) is 3.66. The molecule has 1 aliphatic heterocycles. The Bertz CT molecular complexity index is 2170. The van der Waals surface area contributed by atoms with E-state index in [0.29, 0.717) is 68.0 Å². The van der Waals surface area contributed by atoms with Crippen LogP contribution in [0.2, 0.25) is 0 Å². The van der Waals surface area contributed by atoms with Gasteiger partial charge in [0.2, 0.25) is 11.7 Å². The lowest BCUT2D eigenvalue weighted by Gasteiger charge is -2.27. The fourth-order valence-corrected chi connectivity index (χ4v) is 5.61. The third-order valence-electron chi connectivity index (χ3n) is 7.22. The molecule has 204 valence electrons. The number of rotatable bonds is 5. The fraction of sp³-hybridized carbons (Fsp3) is 0.0625. The van der Waals surface area contributed by atoms with Crippen LogP contribution >= 0.6 is 15.9 Å². The first kappa shape index (κ1) is 24.6. The van der Waals surface area contributed by atoms with E-state index in [-0.39, 0.29) is 0 Å². The van der Waals surface area contributed by atoms with Crippen molar-refractivity contribution in [1.82, 2.24) is 19.6 Å². The zero-order valence-electron chi connectivity index (χ0n) is 21.7. The van der Waals surface area contributed by atoms with Crippen LogP contribution in [0.4, 0.5) is 0 Å². The maximum atomic E-state index is 13.6. The zero-order chi connectivity index (χ0) is 28.2. The molecular formula is C32H19BrN4O5. The van der Waals surface area contributed by atoms with Gasteiger partial charge in [0.25, 0.3) is 0 Å². The molecule has 42 heavy (non-hydrogen) atoms.